The minimum absolute atomic E-state index is 0.0212. The molecule has 5 rings (SSSR count). The minimum atomic E-state index is -0.0212. The highest BCUT2D eigenvalue weighted by molar-refractivity contribution is 5.99. The van der Waals surface area contributed by atoms with Crippen LogP contribution in [-0.2, 0) is 11.3 Å². The summed E-state index contributed by atoms with van der Waals surface area (Å²) in [6, 6.07) is 12.2. The molecular weight excluding hydrogens is 458 g/mol. The standard InChI is InChI=1S/C27H33N5O4/c1-31(16-18-4-8-23-24(14-18)36-13-12-35-23)20-6-5-19(32(2)17-20)15-25(33)29-22-10-11-28-21-7-9-26(34-3)30-27(21)22/h4,7-11,14,19-20H,5-6,12-13,15-17H2,1-3H3,(H,28,29,33)/t19-,20?/m0/s1. The summed E-state index contributed by atoms with van der Waals surface area (Å²) in [4.78, 5) is 26.4. The number of amides is 1. The normalized spacial score (nSPS) is 19.9. The quantitative estimate of drug-likeness (QED) is 0.539. The molecule has 1 N–H and O–H groups in total. The molecule has 1 fully saturated rings. The van der Waals surface area contributed by atoms with Crippen LogP contribution in [-0.4, -0.2) is 78.7 Å². The van der Waals surface area contributed by atoms with E-state index in [0.717, 1.165) is 37.4 Å². The van der Waals surface area contributed by atoms with Crippen molar-refractivity contribution in [2.24, 2.45) is 0 Å². The predicted octanol–water partition coefficient (Wildman–Crippen LogP) is 3.33. The van der Waals surface area contributed by atoms with Crippen LogP contribution in [0.15, 0.2) is 42.6 Å². The van der Waals surface area contributed by atoms with Crippen LogP contribution in [0.2, 0.25) is 0 Å². The van der Waals surface area contributed by atoms with Gasteiger partial charge in [-0.15, -0.1) is 0 Å². The summed E-state index contributed by atoms with van der Waals surface area (Å²) < 4.78 is 16.6. The number of hydrogen-bond donors (Lipinski definition) is 1. The van der Waals surface area contributed by atoms with E-state index in [1.807, 2.05) is 12.1 Å². The highest BCUT2D eigenvalue weighted by Crippen LogP contribution is 2.32. The van der Waals surface area contributed by atoms with Gasteiger partial charge in [0.15, 0.2) is 11.5 Å². The summed E-state index contributed by atoms with van der Waals surface area (Å²) in [5, 5.41) is 3.04. The number of benzene rings is 1. The summed E-state index contributed by atoms with van der Waals surface area (Å²) in [6.45, 7) is 2.95. The van der Waals surface area contributed by atoms with Crippen LogP contribution in [0, 0.1) is 0 Å². The van der Waals surface area contributed by atoms with Gasteiger partial charge in [0.2, 0.25) is 11.8 Å². The van der Waals surface area contributed by atoms with Crippen LogP contribution < -0.4 is 19.5 Å². The topological polar surface area (TPSA) is 89.0 Å². The first-order valence-electron chi connectivity index (χ1n) is 12.4. The summed E-state index contributed by atoms with van der Waals surface area (Å²) in [5.41, 5.74) is 3.20. The smallest absolute Gasteiger partial charge is 0.226 e. The van der Waals surface area contributed by atoms with Crippen molar-refractivity contribution in [2.45, 2.75) is 37.9 Å². The molecule has 9 heteroatoms. The van der Waals surface area contributed by atoms with Gasteiger partial charge in [-0.05, 0) is 56.8 Å². The number of ether oxygens (including phenoxy) is 3. The molecule has 0 radical (unpaired) electrons. The third kappa shape index (κ3) is 5.37. The molecule has 3 aromatic rings. The van der Waals surface area contributed by atoms with E-state index in [1.165, 1.54) is 5.56 Å². The number of anilines is 1. The first-order valence-corrected chi connectivity index (χ1v) is 12.4. The number of likely N-dealkylation sites (tertiary alicyclic amines) is 1. The zero-order valence-electron chi connectivity index (χ0n) is 21.1. The fraction of sp³-hybridized carbons (Fsp3) is 0.444. The number of pyridine rings is 2. The second-order valence-electron chi connectivity index (χ2n) is 9.55. The zero-order valence-corrected chi connectivity index (χ0v) is 21.1. The minimum Gasteiger partial charge on any atom is -0.486 e. The van der Waals surface area contributed by atoms with Crippen molar-refractivity contribution < 1.29 is 19.0 Å². The van der Waals surface area contributed by atoms with Crippen molar-refractivity contribution in [3.05, 3.63) is 48.2 Å². The molecule has 0 bridgehead atoms. The summed E-state index contributed by atoms with van der Waals surface area (Å²) in [5.74, 6) is 2.12. The highest BCUT2D eigenvalue weighted by Gasteiger charge is 2.29. The van der Waals surface area contributed by atoms with Crippen molar-refractivity contribution in [1.29, 1.82) is 0 Å². The number of nitrogens with zero attached hydrogens (tertiary/aromatic N) is 4. The number of nitrogens with one attached hydrogen (secondary N) is 1. The van der Waals surface area contributed by atoms with Gasteiger partial charge in [-0.2, -0.15) is 0 Å². The Kier molecular flexibility index (Phi) is 7.20. The van der Waals surface area contributed by atoms with Crippen molar-refractivity contribution >= 4 is 22.6 Å². The van der Waals surface area contributed by atoms with E-state index in [2.05, 4.69) is 51.3 Å². The van der Waals surface area contributed by atoms with Gasteiger partial charge in [-0.1, -0.05) is 6.07 Å². The number of aromatic nitrogens is 2. The summed E-state index contributed by atoms with van der Waals surface area (Å²) in [7, 11) is 5.84. The van der Waals surface area contributed by atoms with Gasteiger partial charge in [-0.25, -0.2) is 4.98 Å². The van der Waals surface area contributed by atoms with Gasteiger partial charge in [0.1, 0.15) is 18.7 Å². The second-order valence-corrected chi connectivity index (χ2v) is 9.55. The summed E-state index contributed by atoms with van der Waals surface area (Å²) >= 11 is 0. The molecule has 36 heavy (non-hydrogen) atoms. The number of likely N-dealkylation sites (N-methyl/N-ethyl adjacent to an activating group) is 2. The Morgan fingerprint density at radius 2 is 2.00 bits per heavy atom. The van der Waals surface area contributed by atoms with Crippen LogP contribution in [0.1, 0.15) is 24.8 Å². The molecule has 190 valence electrons. The molecule has 1 unspecified atom stereocenters. The third-order valence-corrected chi connectivity index (χ3v) is 7.08. The maximum Gasteiger partial charge on any atom is 0.226 e. The number of carbonyl (C=O) groups is 1. The lowest BCUT2D eigenvalue weighted by molar-refractivity contribution is -0.117. The number of rotatable bonds is 7. The molecule has 2 atom stereocenters. The molecule has 2 aliphatic rings. The molecule has 0 saturated carbocycles. The molecule has 1 saturated heterocycles. The molecule has 1 amide bonds. The third-order valence-electron chi connectivity index (χ3n) is 7.08. The fourth-order valence-electron chi connectivity index (χ4n) is 5.04. The van der Waals surface area contributed by atoms with Gasteiger partial charge in [0, 0.05) is 43.9 Å². The van der Waals surface area contributed by atoms with E-state index in [-0.39, 0.29) is 11.9 Å². The van der Waals surface area contributed by atoms with Crippen molar-refractivity contribution in [2.75, 3.05) is 46.3 Å². The lowest BCUT2D eigenvalue weighted by Crippen LogP contribution is -2.49. The van der Waals surface area contributed by atoms with Crippen LogP contribution in [0.5, 0.6) is 17.4 Å². The zero-order chi connectivity index (χ0) is 25.1. The predicted molar refractivity (Wildman–Crippen MR) is 138 cm³/mol. The van der Waals surface area contributed by atoms with Crippen LogP contribution in [0.3, 0.4) is 0 Å². The Hall–Kier alpha value is -3.43. The lowest BCUT2D eigenvalue weighted by Gasteiger charge is -2.40. The second kappa shape index (κ2) is 10.7. The van der Waals surface area contributed by atoms with Gasteiger partial charge >= 0.3 is 0 Å². The first-order chi connectivity index (χ1) is 17.5. The Balaban J connectivity index is 1.16. The Labute approximate surface area is 211 Å². The van der Waals surface area contributed by atoms with E-state index < -0.39 is 0 Å². The van der Waals surface area contributed by atoms with Gasteiger partial charge in [0.25, 0.3) is 0 Å². The van der Waals surface area contributed by atoms with E-state index >= 15 is 0 Å². The van der Waals surface area contributed by atoms with Crippen LogP contribution in [0.25, 0.3) is 11.0 Å². The summed E-state index contributed by atoms with van der Waals surface area (Å²) in [6.07, 6.45) is 4.12. The number of fused-ring (bicyclic) bond motifs is 2. The van der Waals surface area contributed by atoms with Crippen molar-refractivity contribution in [1.82, 2.24) is 19.8 Å². The van der Waals surface area contributed by atoms with Gasteiger partial charge < -0.3 is 24.4 Å². The molecule has 1 aromatic carbocycles. The monoisotopic (exact) mass is 491 g/mol. The average Bonchev–Trinajstić information content (AvgIpc) is 2.89. The fourth-order valence-corrected chi connectivity index (χ4v) is 5.04. The maximum atomic E-state index is 12.9. The molecule has 0 aliphatic carbocycles. The molecule has 2 aliphatic heterocycles. The molecule has 9 nitrogen and oxygen atoms in total. The number of hydrogen-bond acceptors (Lipinski definition) is 8. The first kappa shape index (κ1) is 24.3. The van der Waals surface area contributed by atoms with Crippen LogP contribution >= 0.6 is 0 Å². The number of piperidine rings is 1. The van der Waals surface area contributed by atoms with Crippen LogP contribution in [0.4, 0.5) is 5.69 Å². The molecule has 4 heterocycles. The van der Waals surface area contributed by atoms with Gasteiger partial charge in [0.05, 0.1) is 18.3 Å². The van der Waals surface area contributed by atoms with E-state index in [0.29, 0.717) is 48.3 Å². The molecule has 2 aromatic heterocycles. The number of carbonyl (C=O) groups excluding carboxylic acids is 1. The van der Waals surface area contributed by atoms with Crippen molar-refractivity contribution in [3.8, 4) is 17.4 Å². The van der Waals surface area contributed by atoms with E-state index in [1.54, 1.807) is 25.4 Å². The SMILES string of the molecule is COc1ccc2nccc(NC(=O)C[C@@H]3CCC(N(C)Cc4ccc5c(c4)OCCO5)CN3C)c2n1. The van der Waals surface area contributed by atoms with Gasteiger partial charge in [-0.3, -0.25) is 14.7 Å². The molecular formula is C27H33N5O4. The largest absolute Gasteiger partial charge is 0.486 e. The number of methoxy groups -OCH3 is 1. The lowest BCUT2D eigenvalue weighted by atomic mass is 9.95. The van der Waals surface area contributed by atoms with E-state index in [4.69, 9.17) is 14.2 Å². The molecule has 0 spiro atoms. The Bertz CT molecular complexity index is 1240. The van der Waals surface area contributed by atoms with Crippen molar-refractivity contribution in [3.63, 3.8) is 0 Å². The highest BCUT2D eigenvalue weighted by atomic mass is 16.6. The maximum absolute atomic E-state index is 12.9. The Morgan fingerprint density at radius 3 is 2.81 bits per heavy atom. The van der Waals surface area contributed by atoms with E-state index in [9.17, 15) is 4.79 Å². The Morgan fingerprint density at radius 1 is 1.17 bits per heavy atom. The average molecular weight is 492 g/mol.